The first kappa shape index (κ1) is 11.6. The zero-order valence-electron chi connectivity index (χ0n) is 9.10. The SMILES string of the molecule is Cc1csc(=O)n1Cc1ccoc1C(=O)NN. The van der Waals surface area contributed by atoms with Crippen LogP contribution in [-0.4, -0.2) is 10.5 Å². The topological polar surface area (TPSA) is 90.3 Å². The van der Waals surface area contributed by atoms with Gasteiger partial charge in [-0.15, -0.1) is 0 Å². The lowest BCUT2D eigenvalue weighted by atomic mass is 10.2. The number of carbonyl (C=O) groups is 1. The van der Waals surface area contributed by atoms with Gasteiger partial charge in [-0.3, -0.25) is 19.6 Å². The molecule has 1 amide bonds. The van der Waals surface area contributed by atoms with Crippen molar-refractivity contribution in [1.82, 2.24) is 9.99 Å². The van der Waals surface area contributed by atoms with Crippen molar-refractivity contribution in [2.75, 3.05) is 0 Å². The molecule has 0 atom stereocenters. The molecule has 0 fully saturated rings. The van der Waals surface area contributed by atoms with E-state index >= 15 is 0 Å². The van der Waals surface area contributed by atoms with Crippen LogP contribution in [0, 0.1) is 6.92 Å². The molecule has 0 unspecified atom stereocenters. The van der Waals surface area contributed by atoms with Crippen molar-refractivity contribution < 1.29 is 9.21 Å². The molecule has 0 aliphatic rings. The van der Waals surface area contributed by atoms with Gasteiger partial charge in [-0.05, 0) is 13.0 Å². The third kappa shape index (κ3) is 2.15. The molecule has 0 aromatic carbocycles. The zero-order valence-corrected chi connectivity index (χ0v) is 9.91. The maximum Gasteiger partial charge on any atom is 0.307 e. The van der Waals surface area contributed by atoms with Gasteiger partial charge in [0.2, 0.25) is 0 Å². The molecule has 0 saturated carbocycles. The van der Waals surface area contributed by atoms with Crippen molar-refractivity contribution in [2.45, 2.75) is 13.5 Å². The maximum absolute atomic E-state index is 11.5. The number of hydrogen-bond donors (Lipinski definition) is 2. The predicted molar refractivity (Wildman–Crippen MR) is 62.8 cm³/mol. The van der Waals surface area contributed by atoms with Crippen LogP contribution in [0.5, 0.6) is 0 Å². The van der Waals surface area contributed by atoms with Crippen molar-refractivity contribution in [2.24, 2.45) is 5.84 Å². The Morgan fingerprint density at radius 2 is 2.41 bits per heavy atom. The number of nitrogens with one attached hydrogen (secondary N) is 1. The van der Waals surface area contributed by atoms with Crippen molar-refractivity contribution >= 4 is 17.2 Å². The lowest BCUT2D eigenvalue weighted by Crippen LogP contribution is -2.30. The Morgan fingerprint density at radius 1 is 1.65 bits per heavy atom. The third-order valence-electron chi connectivity index (χ3n) is 2.39. The summed E-state index contributed by atoms with van der Waals surface area (Å²) < 4.78 is 6.61. The highest BCUT2D eigenvalue weighted by Crippen LogP contribution is 2.13. The number of aryl methyl sites for hydroxylation is 1. The van der Waals surface area contributed by atoms with Crippen molar-refractivity contribution in [3.8, 4) is 0 Å². The second kappa shape index (κ2) is 4.56. The van der Waals surface area contributed by atoms with Gasteiger partial charge in [-0.2, -0.15) is 0 Å². The van der Waals surface area contributed by atoms with E-state index in [4.69, 9.17) is 10.3 Å². The molecular weight excluding hydrogens is 242 g/mol. The maximum atomic E-state index is 11.5. The summed E-state index contributed by atoms with van der Waals surface area (Å²) in [6.07, 6.45) is 1.40. The molecule has 0 spiro atoms. The molecule has 0 aliphatic heterocycles. The Hall–Kier alpha value is -1.86. The standard InChI is InChI=1S/C10H11N3O3S/c1-6-5-17-10(15)13(6)4-7-2-3-16-8(7)9(14)12-11/h2-3,5H,4,11H2,1H3,(H,12,14). The van der Waals surface area contributed by atoms with Crippen LogP contribution in [0.15, 0.2) is 26.9 Å². The van der Waals surface area contributed by atoms with E-state index in [1.165, 1.54) is 6.26 Å². The highest BCUT2D eigenvalue weighted by atomic mass is 32.1. The number of nitrogens with two attached hydrogens (primary N) is 1. The first-order valence-corrected chi connectivity index (χ1v) is 5.73. The van der Waals surface area contributed by atoms with Crippen LogP contribution >= 0.6 is 11.3 Å². The fourth-order valence-electron chi connectivity index (χ4n) is 1.49. The van der Waals surface area contributed by atoms with E-state index in [1.807, 2.05) is 12.3 Å². The number of aromatic nitrogens is 1. The van der Waals surface area contributed by atoms with Crippen LogP contribution in [0.3, 0.4) is 0 Å². The molecule has 2 rings (SSSR count). The highest BCUT2D eigenvalue weighted by molar-refractivity contribution is 7.07. The van der Waals surface area contributed by atoms with E-state index in [2.05, 4.69) is 0 Å². The van der Waals surface area contributed by atoms with Gasteiger partial charge < -0.3 is 4.42 Å². The number of carbonyl (C=O) groups excluding carboxylic acids is 1. The monoisotopic (exact) mass is 253 g/mol. The fraction of sp³-hybridized carbons (Fsp3) is 0.200. The van der Waals surface area contributed by atoms with E-state index in [1.54, 1.807) is 16.0 Å². The van der Waals surface area contributed by atoms with Crippen molar-refractivity contribution in [3.63, 3.8) is 0 Å². The largest absolute Gasteiger partial charge is 0.459 e. The quantitative estimate of drug-likeness (QED) is 0.472. The van der Waals surface area contributed by atoms with Gasteiger partial charge in [0.25, 0.3) is 0 Å². The summed E-state index contributed by atoms with van der Waals surface area (Å²) in [7, 11) is 0. The molecule has 2 aromatic rings. The molecule has 3 N–H and O–H groups in total. The first-order valence-electron chi connectivity index (χ1n) is 4.85. The Kier molecular flexibility index (Phi) is 3.12. The molecular formula is C10H11N3O3S. The minimum atomic E-state index is -0.508. The number of hydrogen-bond acceptors (Lipinski definition) is 5. The molecule has 2 heterocycles. The van der Waals surface area contributed by atoms with E-state index in [0.717, 1.165) is 17.0 Å². The summed E-state index contributed by atoms with van der Waals surface area (Å²) in [6, 6.07) is 1.65. The van der Waals surface area contributed by atoms with Gasteiger partial charge in [0.05, 0.1) is 12.8 Å². The number of rotatable bonds is 3. The molecule has 2 aromatic heterocycles. The average molecular weight is 253 g/mol. The van der Waals surface area contributed by atoms with Gasteiger partial charge in [-0.25, -0.2) is 5.84 Å². The molecule has 7 heteroatoms. The molecule has 0 saturated heterocycles. The second-order valence-corrected chi connectivity index (χ2v) is 4.30. The van der Waals surface area contributed by atoms with Crippen LogP contribution in [0.4, 0.5) is 0 Å². The summed E-state index contributed by atoms with van der Waals surface area (Å²) >= 11 is 1.12. The van der Waals surface area contributed by atoms with Crippen LogP contribution in [0.1, 0.15) is 21.8 Å². The van der Waals surface area contributed by atoms with Crippen LogP contribution in [0.2, 0.25) is 0 Å². The number of nitrogens with zero attached hydrogens (tertiary/aromatic N) is 1. The number of hydrazine groups is 1. The Morgan fingerprint density at radius 3 is 3.00 bits per heavy atom. The Labute approximate surface area is 101 Å². The molecule has 90 valence electrons. The van der Waals surface area contributed by atoms with E-state index < -0.39 is 5.91 Å². The molecule has 0 aliphatic carbocycles. The number of thiazole rings is 1. The lowest BCUT2D eigenvalue weighted by Gasteiger charge is -2.04. The van der Waals surface area contributed by atoms with Crippen molar-refractivity contribution in [3.05, 3.63) is 44.4 Å². The van der Waals surface area contributed by atoms with Gasteiger partial charge in [0.1, 0.15) is 0 Å². The molecule has 0 bridgehead atoms. The number of furan rings is 1. The number of nitrogen functional groups attached to an aromatic ring is 1. The smallest absolute Gasteiger partial charge is 0.307 e. The first-order chi connectivity index (χ1) is 8.13. The van der Waals surface area contributed by atoms with E-state index in [-0.39, 0.29) is 10.6 Å². The van der Waals surface area contributed by atoms with Gasteiger partial charge in [0.15, 0.2) is 5.76 Å². The summed E-state index contributed by atoms with van der Waals surface area (Å²) in [5.74, 6) is 4.66. The predicted octanol–water partition coefficient (Wildman–Crippen LogP) is 0.463. The lowest BCUT2D eigenvalue weighted by molar-refractivity contribution is 0.0924. The van der Waals surface area contributed by atoms with Crippen LogP contribution in [-0.2, 0) is 6.54 Å². The molecule has 6 nitrogen and oxygen atoms in total. The zero-order chi connectivity index (χ0) is 12.4. The molecule has 17 heavy (non-hydrogen) atoms. The second-order valence-electron chi connectivity index (χ2n) is 3.48. The summed E-state index contributed by atoms with van der Waals surface area (Å²) in [4.78, 5) is 22.9. The van der Waals surface area contributed by atoms with Gasteiger partial charge in [0, 0.05) is 16.6 Å². The number of amides is 1. The third-order valence-corrected chi connectivity index (χ3v) is 3.27. The minimum Gasteiger partial charge on any atom is -0.459 e. The Balaban J connectivity index is 2.34. The van der Waals surface area contributed by atoms with Crippen molar-refractivity contribution in [1.29, 1.82) is 0 Å². The average Bonchev–Trinajstić information content (AvgIpc) is 2.90. The van der Waals surface area contributed by atoms with Crippen LogP contribution < -0.4 is 16.1 Å². The van der Waals surface area contributed by atoms with E-state index in [0.29, 0.717) is 12.1 Å². The summed E-state index contributed by atoms with van der Waals surface area (Å²) in [6.45, 7) is 2.13. The normalized spacial score (nSPS) is 10.5. The van der Waals surface area contributed by atoms with Crippen LogP contribution in [0.25, 0.3) is 0 Å². The highest BCUT2D eigenvalue weighted by Gasteiger charge is 2.15. The Bertz CT molecular complexity index is 596. The minimum absolute atomic E-state index is 0.0668. The molecule has 0 radical (unpaired) electrons. The van der Waals surface area contributed by atoms with E-state index in [9.17, 15) is 9.59 Å². The summed E-state index contributed by atoms with van der Waals surface area (Å²) in [5, 5.41) is 1.77. The van der Waals surface area contributed by atoms with Gasteiger partial charge in [-0.1, -0.05) is 11.3 Å². The van der Waals surface area contributed by atoms with Gasteiger partial charge >= 0.3 is 10.8 Å². The summed E-state index contributed by atoms with van der Waals surface area (Å²) in [5.41, 5.74) is 3.47. The fourth-order valence-corrected chi connectivity index (χ4v) is 2.23.